The molecular weight excluding hydrogens is 330 g/mol. The van der Waals surface area contributed by atoms with Crippen LogP contribution in [0.25, 0.3) is 0 Å². The lowest BCUT2D eigenvalue weighted by Gasteiger charge is -2.23. The van der Waals surface area contributed by atoms with Gasteiger partial charge in [0.1, 0.15) is 0 Å². The fraction of sp³-hybridized carbons (Fsp3) is 0.438. The Morgan fingerprint density at radius 3 is 2.57 bits per heavy atom. The average Bonchev–Trinajstić information content (AvgIpc) is 2.77. The molecule has 0 aliphatic carbocycles. The van der Waals surface area contributed by atoms with Gasteiger partial charge in [-0.25, -0.2) is 0 Å². The molecule has 5 heteroatoms. The lowest BCUT2D eigenvalue weighted by molar-refractivity contribution is 0.0796. The molecule has 2 atom stereocenters. The van der Waals surface area contributed by atoms with Crippen molar-refractivity contribution in [3.05, 3.63) is 51.8 Å². The number of nitrogens with zero attached hydrogens (tertiary/aromatic N) is 2. The topological polar surface area (TPSA) is 53.1 Å². The zero-order chi connectivity index (χ0) is 15.4. The van der Waals surface area contributed by atoms with Crippen LogP contribution in [0.1, 0.15) is 30.0 Å². The van der Waals surface area contributed by atoms with Crippen molar-refractivity contribution in [2.24, 2.45) is 5.73 Å². The third-order valence-corrected chi connectivity index (χ3v) is 4.68. The first-order valence-corrected chi connectivity index (χ1v) is 7.92. The molecule has 1 aromatic carbocycles. The highest BCUT2D eigenvalue weighted by atomic mass is 79.9. The van der Waals surface area contributed by atoms with Gasteiger partial charge in [0.2, 0.25) is 0 Å². The maximum atomic E-state index is 6.41. The monoisotopic (exact) mass is 351 g/mol. The highest BCUT2D eigenvalue weighted by Gasteiger charge is 2.23. The smallest absolute Gasteiger partial charge is 0.0975 e. The van der Waals surface area contributed by atoms with Crippen LogP contribution in [0.4, 0.5) is 0 Å². The standard InChI is InChI=1S/C16H22BrN3O/c1-4-20-14(15(17)11(2)19-20)10-13(18)16(21-3)12-8-6-5-7-9-12/h5-9,13,16H,4,10,18H2,1-3H3. The summed E-state index contributed by atoms with van der Waals surface area (Å²) in [5, 5.41) is 4.51. The molecule has 0 aliphatic heterocycles. The Bertz CT molecular complexity index is 583. The molecular formula is C16H22BrN3O. The number of rotatable bonds is 6. The van der Waals surface area contributed by atoms with E-state index in [1.807, 2.05) is 41.9 Å². The number of halogens is 1. The first-order chi connectivity index (χ1) is 10.1. The molecule has 114 valence electrons. The van der Waals surface area contributed by atoms with Gasteiger partial charge in [0, 0.05) is 26.1 Å². The maximum absolute atomic E-state index is 6.41. The average molecular weight is 352 g/mol. The minimum atomic E-state index is -0.130. The Morgan fingerprint density at radius 2 is 2.00 bits per heavy atom. The van der Waals surface area contributed by atoms with Crippen molar-refractivity contribution in [2.45, 2.75) is 39.0 Å². The van der Waals surface area contributed by atoms with E-state index in [1.54, 1.807) is 7.11 Å². The van der Waals surface area contributed by atoms with Crippen LogP contribution in [0.2, 0.25) is 0 Å². The van der Waals surface area contributed by atoms with Crippen molar-refractivity contribution in [3.8, 4) is 0 Å². The fourth-order valence-corrected chi connectivity index (χ4v) is 3.04. The highest BCUT2D eigenvalue weighted by Crippen LogP contribution is 2.26. The van der Waals surface area contributed by atoms with Crippen molar-refractivity contribution in [3.63, 3.8) is 0 Å². The van der Waals surface area contributed by atoms with E-state index in [0.717, 1.165) is 28.0 Å². The summed E-state index contributed by atoms with van der Waals surface area (Å²) in [6.07, 6.45) is 0.585. The summed E-state index contributed by atoms with van der Waals surface area (Å²) in [4.78, 5) is 0. The number of ether oxygens (including phenoxy) is 1. The van der Waals surface area contributed by atoms with Crippen molar-refractivity contribution in [2.75, 3.05) is 7.11 Å². The van der Waals surface area contributed by atoms with E-state index in [2.05, 4.69) is 28.0 Å². The number of hydrogen-bond donors (Lipinski definition) is 1. The highest BCUT2D eigenvalue weighted by molar-refractivity contribution is 9.10. The predicted molar refractivity (Wildman–Crippen MR) is 88.2 cm³/mol. The maximum Gasteiger partial charge on any atom is 0.0975 e. The van der Waals surface area contributed by atoms with Crippen molar-refractivity contribution in [1.82, 2.24) is 9.78 Å². The second-order valence-corrected chi connectivity index (χ2v) is 5.89. The largest absolute Gasteiger partial charge is 0.375 e. The van der Waals surface area contributed by atoms with Crippen molar-refractivity contribution in [1.29, 1.82) is 0 Å². The van der Waals surface area contributed by atoms with Gasteiger partial charge in [0.25, 0.3) is 0 Å². The Labute approximate surface area is 134 Å². The van der Waals surface area contributed by atoms with Crippen molar-refractivity contribution < 1.29 is 4.74 Å². The van der Waals surface area contributed by atoms with Gasteiger partial charge in [-0.2, -0.15) is 5.10 Å². The van der Waals surface area contributed by atoms with Gasteiger partial charge in [0.15, 0.2) is 0 Å². The first kappa shape index (κ1) is 16.2. The molecule has 2 aromatic rings. The SMILES string of the molecule is CCn1nc(C)c(Br)c1CC(N)C(OC)c1ccccc1. The second kappa shape index (κ2) is 7.20. The van der Waals surface area contributed by atoms with E-state index in [0.29, 0.717) is 6.42 Å². The summed E-state index contributed by atoms with van der Waals surface area (Å²) >= 11 is 3.62. The summed E-state index contributed by atoms with van der Waals surface area (Å²) in [5.41, 5.74) is 9.63. The van der Waals surface area contributed by atoms with Crippen LogP contribution < -0.4 is 5.73 Å². The van der Waals surface area contributed by atoms with E-state index in [1.165, 1.54) is 0 Å². The van der Waals surface area contributed by atoms with E-state index in [4.69, 9.17) is 10.5 Å². The van der Waals surface area contributed by atoms with E-state index < -0.39 is 0 Å². The van der Waals surface area contributed by atoms with Crippen LogP contribution >= 0.6 is 15.9 Å². The van der Waals surface area contributed by atoms with Gasteiger partial charge in [-0.15, -0.1) is 0 Å². The van der Waals surface area contributed by atoms with Gasteiger partial charge in [-0.3, -0.25) is 4.68 Å². The number of aromatic nitrogens is 2. The molecule has 0 radical (unpaired) electrons. The number of nitrogens with two attached hydrogens (primary N) is 1. The fourth-order valence-electron chi connectivity index (χ4n) is 2.60. The molecule has 21 heavy (non-hydrogen) atoms. The van der Waals surface area contributed by atoms with Gasteiger partial charge in [-0.05, 0) is 35.3 Å². The summed E-state index contributed by atoms with van der Waals surface area (Å²) < 4.78 is 8.66. The van der Waals surface area contributed by atoms with Crippen LogP contribution in [0, 0.1) is 6.92 Å². The van der Waals surface area contributed by atoms with Gasteiger partial charge < -0.3 is 10.5 Å². The zero-order valence-corrected chi connectivity index (χ0v) is 14.3. The minimum absolute atomic E-state index is 0.126. The molecule has 0 bridgehead atoms. The zero-order valence-electron chi connectivity index (χ0n) is 12.7. The van der Waals surface area contributed by atoms with E-state index >= 15 is 0 Å². The molecule has 0 saturated carbocycles. The summed E-state index contributed by atoms with van der Waals surface area (Å²) in [5.74, 6) is 0. The molecule has 4 nitrogen and oxygen atoms in total. The summed E-state index contributed by atoms with van der Waals surface area (Å²) in [6, 6.07) is 9.97. The van der Waals surface area contributed by atoms with E-state index in [-0.39, 0.29) is 12.1 Å². The van der Waals surface area contributed by atoms with E-state index in [9.17, 15) is 0 Å². The quantitative estimate of drug-likeness (QED) is 0.868. The molecule has 2 N–H and O–H groups in total. The Morgan fingerprint density at radius 1 is 1.33 bits per heavy atom. The molecule has 2 rings (SSSR count). The molecule has 0 saturated heterocycles. The molecule has 0 amide bonds. The van der Waals surface area contributed by atoms with Crippen molar-refractivity contribution >= 4 is 15.9 Å². The molecule has 0 fully saturated rings. The third-order valence-electron chi connectivity index (χ3n) is 3.65. The Kier molecular flexibility index (Phi) is 5.56. The molecule has 2 unspecified atom stereocenters. The number of aryl methyl sites for hydroxylation is 2. The Hall–Kier alpha value is -1.17. The number of methoxy groups -OCH3 is 1. The number of hydrogen-bond acceptors (Lipinski definition) is 3. The van der Waals surface area contributed by atoms with Crippen LogP contribution in [0.5, 0.6) is 0 Å². The lowest BCUT2D eigenvalue weighted by atomic mass is 9.99. The normalized spacial score (nSPS) is 14.1. The van der Waals surface area contributed by atoms with Crippen LogP contribution in [0.15, 0.2) is 34.8 Å². The minimum Gasteiger partial charge on any atom is -0.375 e. The predicted octanol–water partition coefficient (Wildman–Crippen LogP) is 3.23. The molecule has 0 spiro atoms. The summed E-state index contributed by atoms with van der Waals surface area (Å²) in [7, 11) is 1.70. The van der Waals surface area contributed by atoms with Gasteiger partial charge >= 0.3 is 0 Å². The third kappa shape index (κ3) is 3.54. The summed E-state index contributed by atoms with van der Waals surface area (Å²) in [6.45, 7) is 4.91. The number of benzene rings is 1. The van der Waals surface area contributed by atoms with Crippen LogP contribution in [0.3, 0.4) is 0 Å². The first-order valence-electron chi connectivity index (χ1n) is 7.13. The second-order valence-electron chi connectivity index (χ2n) is 5.10. The molecule has 1 aromatic heterocycles. The van der Waals surface area contributed by atoms with Crippen LogP contribution in [-0.4, -0.2) is 22.9 Å². The molecule has 0 aliphatic rings. The van der Waals surface area contributed by atoms with Gasteiger partial charge in [-0.1, -0.05) is 30.3 Å². The lowest BCUT2D eigenvalue weighted by Crippen LogP contribution is -2.32. The van der Waals surface area contributed by atoms with Gasteiger partial charge in [0.05, 0.1) is 22.0 Å². The Balaban J connectivity index is 2.22. The van der Waals surface area contributed by atoms with Crippen LogP contribution in [-0.2, 0) is 17.7 Å². The molecule has 1 heterocycles.